The first kappa shape index (κ1) is 14.4. The fraction of sp³-hybridized carbons (Fsp3) is 0.562. The molecule has 3 rings (SSSR count). The molecule has 2 fully saturated rings. The Hall–Kier alpha value is -1.59. The molecule has 0 amide bonds. The van der Waals surface area contributed by atoms with Crippen LogP contribution in [0.25, 0.3) is 0 Å². The molecule has 3 N–H and O–H groups in total. The van der Waals surface area contributed by atoms with Crippen LogP contribution in [-0.4, -0.2) is 48.0 Å². The standard InChI is InChI=1S/C16H25N5/c1-18-16(19-17)20-10-9-14-7-8-15(12-20)21(14)11-13-5-3-2-4-6-13/h2-6,14-15H,7-12,17H2,1H3,(H,18,19). The summed E-state index contributed by atoms with van der Waals surface area (Å²) >= 11 is 0. The summed E-state index contributed by atoms with van der Waals surface area (Å²) in [5.41, 5.74) is 4.14. The molecule has 1 aromatic carbocycles. The van der Waals surface area contributed by atoms with E-state index in [1.54, 1.807) is 7.05 Å². The lowest BCUT2D eigenvalue weighted by atomic mass is 10.1. The van der Waals surface area contributed by atoms with Gasteiger partial charge in [-0.15, -0.1) is 0 Å². The molecule has 0 aliphatic carbocycles. The third kappa shape index (κ3) is 3.04. The van der Waals surface area contributed by atoms with Gasteiger partial charge in [0.25, 0.3) is 0 Å². The van der Waals surface area contributed by atoms with Crippen molar-refractivity contribution in [1.29, 1.82) is 0 Å². The average molecular weight is 287 g/mol. The van der Waals surface area contributed by atoms with E-state index < -0.39 is 0 Å². The fourth-order valence-electron chi connectivity index (χ4n) is 3.71. The number of hydrazine groups is 1. The number of nitrogens with zero attached hydrogens (tertiary/aromatic N) is 3. The van der Waals surface area contributed by atoms with Crippen molar-refractivity contribution in [3.63, 3.8) is 0 Å². The van der Waals surface area contributed by atoms with E-state index in [0.717, 1.165) is 25.6 Å². The number of guanidine groups is 1. The molecule has 2 bridgehead atoms. The van der Waals surface area contributed by atoms with Crippen LogP contribution in [-0.2, 0) is 6.54 Å². The monoisotopic (exact) mass is 287 g/mol. The fourth-order valence-corrected chi connectivity index (χ4v) is 3.71. The lowest BCUT2D eigenvalue weighted by Crippen LogP contribution is -2.48. The van der Waals surface area contributed by atoms with Crippen molar-refractivity contribution >= 4 is 5.96 Å². The average Bonchev–Trinajstić information content (AvgIpc) is 2.78. The van der Waals surface area contributed by atoms with Crippen LogP contribution in [0.5, 0.6) is 0 Å². The van der Waals surface area contributed by atoms with Crippen molar-refractivity contribution in [2.75, 3.05) is 20.1 Å². The van der Waals surface area contributed by atoms with Crippen LogP contribution in [0.3, 0.4) is 0 Å². The second-order valence-corrected chi connectivity index (χ2v) is 5.97. The van der Waals surface area contributed by atoms with Gasteiger partial charge in [-0.2, -0.15) is 0 Å². The summed E-state index contributed by atoms with van der Waals surface area (Å²) in [5.74, 6) is 6.39. The summed E-state index contributed by atoms with van der Waals surface area (Å²) in [6, 6.07) is 12.1. The summed E-state index contributed by atoms with van der Waals surface area (Å²) in [6.45, 7) is 3.10. The highest BCUT2D eigenvalue weighted by Gasteiger charge is 2.37. The van der Waals surface area contributed by atoms with Crippen LogP contribution in [0.4, 0.5) is 0 Å². The molecule has 2 atom stereocenters. The minimum absolute atomic E-state index is 0.600. The molecule has 1 aromatic rings. The van der Waals surface area contributed by atoms with Gasteiger partial charge in [0, 0.05) is 38.8 Å². The van der Waals surface area contributed by atoms with Gasteiger partial charge >= 0.3 is 0 Å². The van der Waals surface area contributed by atoms with E-state index in [0.29, 0.717) is 12.1 Å². The Morgan fingerprint density at radius 2 is 2.00 bits per heavy atom. The normalized spacial score (nSPS) is 26.8. The predicted molar refractivity (Wildman–Crippen MR) is 85.7 cm³/mol. The van der Waals surface area contributed by atoms with Gasteiger partial charge in [-0.25, -0.2) is 5.84 Å². The molecule has 5 heteroatoms. The number of hydrogen-bond donors (Lipinski definition) is 2. The minimum Gasteiger partial charge on any atom is -0.340 e. The highest BCUT2D eigenvalue weighted by Crippen LogP contribution is 2.31. The number of nitrogens with two attached hydrogens (primary N) is 1. The van der Waals surface area contributed by atoms with Gasteiger partial charge in [-0.05, 0) is 24.8 Å². The number of hydrogen-bond acceptors (Lipinski definition) is 3. The Balaban J connectivity index is 1.72. The van der Waals surface area contributed by atoms with Gasteiger partial charge in [0.2, 0.25) is 5.96 Å². The number of rotatable bonds is 2. The first-order valence-corrected chi connectivity index (χ1v) is 7.80. The van der Waals surface area contributed by atoms with E-state index in [9.17, 15) is 0 Å². The van der Waals surface area contributed by atoms with Crippen molar-refractivity contribution < 1.29 is 0 Å². The second-order valence-electron chi connectivity index (χ2n) is 5.97. The van der Waals surface area contributed by atoms with Crippen LogP contribution in [0, 0.1) is 0 Å². The van der Waals surface area contributed by atoms with Crippen LogP contribution in [0.2, 0.25) is 0 Å². The Labute approximate surface area is 126 Å². The molecular weight excluding hydrogens is 262 g/mol. The Bertz CT molecular complexity index is 487. The Kier molecular flexibility index (Phi) is 4.41. The smallest absolute Gasteiger partial charge is 0.208 e. The zero-order valence-electron chi connectivity index (χ0n) is 12.7. The Morgan fingerprint density at radius 1 is 1.24 bits per heavy atom. The minimum atomic E-state index is 0.600. The highest BCUT2D eigenvalue weighted by atomic mass is 15.4. The number of aliphatic imine (C=N–C) groups is 1. The molecule has 5 nitrogen and oxygen atoms in total. The van der Waals surface area contributed by atoms with E-state index in [1.807, 2.05) is 0 Å². The first-order valence-electron chi connectivity index (χ1n) is 7.80. The molecule has 2 aliphatic heterocycles. The zero-order valence-corrected chi connectivity index (χ0v) is 12.7. The molecular formula is C16H25N5. The molecule has 0 aromatic heterocycles. The van der Waals surface area contributed by atoms with Crippen LogP contribution in [0.1, 0.15) is 24.8 Å². The number of nitrogens with one attached hydrogen (secondary N) is 1. The van der Waals surface area contributed by atoms with Gasteiger partial charge in [0.1, 0.15) is 0 Å². The molecule has 0 radical (unpaired) electrons. The number of likely N-dealkylation sites (tertiary alicyclic amines) is 1. The summed E-state index contributed by atoms with van der Waals surface area (Å²) in [5, 5.41) is 0. The van der Waals surface area contributed by atoms with Crippen molar-refractivity contribution in [1.82, 2.24) is 15.2 Å². The molecule has 21 heavy (non-hydrogen) atoms. The lowest BCUT2D eigenvalue weighted by molar-refractivity contribution is 0.188. The maximum Gasteiger partial charge on any atom is 0.208 e. The summed E-state index contributed by atoms with van der Waals surface area (Å²) in [7, 11) is 1.79. The SMILES string of the molecule is CN=C(NN)N1CCC2CCC(C1)N2Cc1ccccc1. The molecule has 2 heterocycles. The van der Waals surface area contributed by atoms with Crippen LogP contribution in [0.15, 0.2) is 35.3 Å². The van der Waals surface area contributed by atoms with Crippen molar-refractivity contribution in [2.45, 2.75) is 37.9 Å². The predicted octanol–water partition coefficient (Wildman–Crippen LogP) is 1.17. The molecule has 2 saturated heterocycles. The van der Waals surface area contributed by atoms with E-state index in [1.165, 1.54) is 24.8 Å². The molecule has 2 unspecified atom stereocenters. The Morgan fingerprint density at radius 3 is 2.71 bits per heavy atom. The van der Waals surface area contributed by atoms with E-state index in [4.69, 9.17) is 5.84 Å². The van der Waals surface area contributed by atoms with Crippen molar-refractivity contribution in [3.05, 3.63) is 35.9 Å². The highest BCUT2D eigenvalue weighted by molar-refractivity contribution is 5.79. The lowest BCUT2D eigenvalue weighted by Gasteiger charge is -2.29. The van der Waals surface area contributed by atoms with Crippen LogP contribution < -0.4 is 11.3 Å². The van der Waals surface area contributed by atoms with Gasteiger partial charge in [0.05, 0.1) is 0 Å². The number of benzene rings is 1. The van der Waals surface area contributed by atoms with E-state index in [2.05, 4.69) is 50.5 Å². The van der Waals surface area contributed by atoms with Gasteiger partial charge in [-0.3, -0.25) is 15.3 Å². The third-order valence-electron chi connectivity index (χ3n) is 4.78. The maximum atomic E-state index is 5.59. The molecule has 2 aliphatic rings. The quantitative estimate of drug-likeness (QED) is 0.371. The summed E-state index contributed by atoms with van der Waals surface area (Å²) < 4.78 is 0. The topological polar surface area (TPSA) is 56.9 Å². The van der Waals surface area contributed by atoms with Crippen molar-refractivity contribution in [2.24, 2.45) is 10.8 Å². The molecule has 0 saturated carbocycles. The second kappa shape index (κ2) is 6.45. The molecule has 114 valence electrons. The first-order chi connectivity index (χ1) is 10.3. The summed E-state index contributed by atoms with van der Waals surface area (Å²) in [6.07, 6.45) is 3.78. The number of fused-ring (bicyclic) bond motifs is 2. The van der Waals surface area contributed by atoms with E-state index >= 15 is 0 Å². The van der Waals surface area contributed by atoms with Gasteiger partial charge in [-0.1, -0.05) is 30.3 Å². The van der Waals surface area contributed by atoms with Gasteiger partial charge < -0.3 is 4.90 Å². The zero-order chi connectivity index (χ0) is 14.7. The van der Waals surface area contributed by atoms with E-state index in [-0.39, 0.29) is 0 Å². The van der Waals surface area contributed by atoms with Crippen molar-refractivity contribution in [3.8, 4) is 0 Å². The largest absolute Gasteiger partial charge is 0.340 e. The molecule has 0 spiro atoms. The third-order valence-corrected chi connectivity index (χ3v) is 4.78. The van der Waals surface area contributed by atoms with Gasteiger partial charge in [0.15, 0.2) is 0 Å². The van der Waals surface area contributed by atoms with Crippen LogP contribution >= 0.6 is 0 Å². The summed E-state index contributed by atoms with van der Waals surface area (Å²) in [4.78, 5) is 9.23. The maximum absolute atomic E-state index is 5.59.